The van der Waals surface area contributed by atoms with Crippen molar-refractivity contribution in [2.75, 3.05) is 44.2 Å². The molecule has 6 nitrogen and oxygen atoms in total. The Balaban J connectivity index is 1.40. The number of hydrogen-bond donors (Lipinski definition) is 2. The number of carbonyl (C=O) groups is 1. The molecule has 0 bridgehead atoms. The minimum Gasteiger partial charge on any atom is -0.508 e. The number of phenols is 1. The molecular formula is C20H22F3N3O3. The highest BCUT2D eigenvalue weighted by Crippen LogP contribution is 2.31. The van der Waals surface area contributed by atoms with Crippen LogP contribution in [0.25, 0.3) is 0 Å². The molecule has 1 aliphatic heterocycles. The lowest BCUT2D eigenvalue weighted by Gasteiger charge is -2.36. The van der Waals surface area contributed by atoms with E-state index in [0.717, 1.165) is 17.8 Å². The molecule has 0 unspecified atom stereocenters. The number of benzene rings is 2. The molecule has 0 spiro atoms. The van der Waals surface area contributed by atoms with Crippen LogP contribution >= 0.6 is 0 Å². The minimum atomic E-state index is -4.42. The number of carbonyl (C=O) groups excluding carboxylic acids is 1. The number of ether oxygens (including phenoxy) is 1. The van der Waals surface area contributed by atoms with Gasteiger partial charge >= 0.3 is 12.2 Å². The molecule has 2 amide bonds. The van der Waals surface area contributed by atoms with Crippen molar-refractivity contribution in [1.29, 1.82) is 0 Å². The summed E-state index contributed by atoms with van der Waals surface area (Å²) in [7, 11) is 0. The molecule has 0 saturated carbocycles. The van der Waals surface area contributed by atoms with Crippen LogP contribution in [0.15, 0.2) is 48.5 Å². The van der Waals surface area contributed by atoms with E-state index in [4.69, 9.17) is 4.74 Å². The van der Waals surface area contributed by atoms with Gasteiger partial charge in [-0.2, -0.15) is 13.2 Å². The summed E-state index contributed by atoms with van der Waals surface area (Å²) >= 11 is 0. The maximum absolute atomic E-state index is 12.7. The van der Waals surface area contributed by atoms with Gasteiger partial charge in [0.25, 0.3) is 0 Å². The molecule has 29 heavy (non-hydrogen) atoms. The summed E-state index contributed by atoms with van der Waals surface area (Å²) in [5, 5.41) is 12.3. The van der Waals surface area contributed by atoms with Crippen LogP contribution in [0.5, 0.6) is 11.5 Å². The fourth-order valence-electron chi connectivity index (χ4n) is 3.06. The first-order chi connectivity index (χ1) is 13.8. The number of alkyl halides is 3. The Morgan fingerprint density at radius 3 is 2.48 bits per heavy atom. The first-order valence-corrected chi connectivity index (χ1v) is 9.20. The first-order valence-electron chi connectivity index (χ1n) is 9.20. The summed E-state index contributed by atoms with van der Waals surface area (Å²) in [5.41, 5.74) is 0.128. The quantitative estimate of drug-likeness (QED) is 0.744. The lowest BCUT2D eigenvalue weighted by Crippen LogP contribution is -2.52. The molecule has 1 fully saturated rings. The van der Waals surface area contributed by atoms with E-state index >= 15 is 0 Å². The molecule has 0 radical (unpaired) electrons. The van der Waals surface area contributed by atoms with E-state index in [-0.39, 0.29) is 30.7 Å². The molecular weight excluding hydrogens is 387 g/mol. The summed E-state index contributed by atoms with van der Waals surface area (Å²) in [6.45, 7) is 2.57. The highest BCUT2D eigenvalue weighted by Gasteiger charge is 2.30. The van der Waals surface area contributed by atoms with Gasteiger partial charge in [-0.1, -0.05) is 12.1 Å². The molecule has 0 aliphatic carbocycles. The maximum atomic E-state index is 12.7. The summed E-state index contributed by atoms with van der Waals surface area (Å²) in [6, 6.07) is 11.4. The molecule has 1 aliphatic rings. The standard InChI is InChI=1S/C20H22F3N3O3/c21-20(22,23)15-3-1-6-18(13-15)29-12-7-24-19(28)26-10-8-25(9-11-26)16-4-2-5-17(27)14-16/h1-6,13-14,27H,7-12H2,(H,24,28). The van der Waals surface area contributed by atoms with E-state index < -0.39 is 11.7 Å². The minimum absolute atomic E-state index is 0.0658. The van der Waals surface area contributed by atoms with Gasteiger partial charge in [-0.25, -0.2) is 4.79 Å². The number of hydrogen-bond acceptors (Lipinski definition) is 4. The second-order valence-corrected chi connectivity index (χ2v) is 6.60. The first kappa shape index (κ1) is 20.6. The van der Waals surface area contributed by atoms with Crippen molar-refractivity contribution in [3.05, 3.63) is 54.1 Å². The van der Waals surface area contributed by atoms with Crippen molar-refractivity contribution in [3.63, 3.8) is 0 Å². The van der Waals surface area contributed by atoms with E-state index in [1.54, 1.807) is 23.1 Å². The number of nitrogens with zero attached hydrogens (tertiary/aromatic N) is 2. The predicted molar refractivity (Wildman–Crippen MR) is 102 cm³/mol. The number of nitrogens with one attached hydrogen (secondary N) is 1. The molecule has 1 saturated heterocycles. The fourth-order valence-corrected chi connectivity index (χ4v) is 3.06. The van der Waals surface area contributed by atoms with E-state index in [9.17, 15) is 23.1 Å². The number of amides is 2. The lowest BCUT2D eigenvalue weighted by molar-refractivity contribution is -0.137. The average Bonchev–Trinajstić information content (AvgIpc) is 2.71. The molecule has 0 atom stereocenters. The third kappa shape index (κ3) is 5.69. The van der Waals surface area contributed by atoms with Crippen LogP contribution in [0.4, 0.5) is 23.7 Å². The van der Waals surface area contributed by atoms with Gasteiger partial charge in [0, 0.05) is 37.9 Å². The number of urea groups is 1. The molecule has 2 aromatic carbocycles. The molecule has 2 N–H and O–H groups in total. The van der Waals surface area contributed by atoms with E-state index in [0.29, 0.717) is 26.2 Å². The third-order valence-corrected chi connectivity index (χ3v) is 4.57. The Bertz CT molecular complexity index is 837. The normalized spacial score (nSPS) is 14.6. The average molecular weight is 409 g/mol. The van der Waals surface area contributed by atoms with Crippen LogP contribution in [0.3, 0.4) is 0 Å². The molecule has 1 heterocycles. The van der Waals surface area contributed by atoms with Gasteiger partial charge in [0.05, 0.1) is 12.1 Å². The Morgan fingerprint density at radius 2 is 1.79 bits per heavy atom. The molecule has 156 valence electrons. The zero-order valence-electron chi connectivity index (χ0n) is 15.7. The van der Waals surface area contributed by atoms with Gasteiger partial charge in [0.2, 0.25) is 0 Å². The zero-order valence-corrected chi connectivity index (χ0v) is 15.7. The lowest BCUT2D eigenvalue weighted by atomic mass is 10.2. The van der Waals surface area contributed by atoms with Crippen molar-refractivity contribution in [2.24, 2.45) is 0 Å². The van der Waals surface area contributed by atoms with Crippen molar-refractivity contribution >= 4 is 11.7 Å². The number of rotatable bonds is 5. The van der Waals surface area contributed by atoms with E-state index in [1.807, 2.05) is 6.07 Å². The van der Waals surface area contributed by atoms with Crippen LogP contribution in [-0.2, 0) is 6.18 Å². The molecule has 2 aromatic rings. The van der Waals surface area contributed by atoms with Gasteiger partial charge in [0.1, 0.15) is 18.1 Å². The van der Waals surface area contributed by atoms with Crippen LogP contribution in [0.2, 0.25) is 0 Å². The fraction of sp³-hybridized carbons (Fsp3) is 0.350. The molecule has 9 heteroatoms. The van der Waals surface area contributed by atoms with Crippen molar-refractivity contribution in [2.45, 2.75) is 6.18 Å². The van der Waals surface area contributed by atoms with Gasteiger partial charge in [-0.15, -0.1) is 0 Å². The zero-order chi connectivity index (χ0) is 20.9. The van der Waals surface area contributed by atoms with Crippen molar-refractivity contribution in [1.82, 2.24) is 10.2 Å². The summed E-state index contributed by atoms with van der Waals surface area (Å²) in [6.07, 6.45) is -4.42. The van der Waals surface area contributed by atoms with E-state index in [2.05, 4.69) is 10.2 Å². The van der Waals surface area contributed by atoms with Crippen LogP contribution < -0.4 is 15.0 Å². The second kappa shape index (κ2) is 8.93. The van der Waals surface area contributed by atoms with Crippen LogP contribution in [0, 0.1) is 0 Å². The molecule has 3 rings (SSSR count). The van der Waals surface area contributed by atoms with Crippen molar-refractivity contribution < 1.29 is 27.8 Å². The monoisotopic (exact) mass is 409 g/mol. The number of aromatic hydroxyl groups is 1. The van der Waals surface area contributed by atoms with Gasteiger partial charge < -0.3 is 25.0 Å². The van der Waals surface area contributed by atoms with E-state index in [1.165, 1.54) is 12.1 Å². The number of phenolic OH excluding ortho intramolecular Hbond substituents is 1. The highest BCUT2D eigenvalue weighted by molar-refractivity contribution is 5.74. The number of piperazine rings is 1. The maximum Gasteiger partial charge on any atom is 0.416 e. The summed E-state index contributed by atoms with van der Waals surface area (Å²) < 4.78 is 43.4. The second-order valence-electron chi connectivity index (χ2n) is 6.60. The Hall–Kier alpha value is -3.10. The third-order valence-electron chi connectivity index (χ3n) is 4.57. The number of halogens is 3. The smallest absolute Gasteiger partial charge is 0.416 e. The largest absolute Gasteiger partial charge is 0.508 e. The summed E-state index contributed by atoms with van der Waals surface area (Å²) in [4.78, 5) is 16.0. The highest BCUT2D eigenvalue weighted by atomic mass is 19.4. The topological polar surface area (TPSA) is 65.0 Å². The summed E-state index contributed by atoms with van der Waals surface area (Å²) in [5.74, 6) is 0.303. The van der Waals surface area contributed by atoms with Gasteiger partial charge in [-0.05, 0) is 30.3 Å². The SMILES string of the molecule is O=C(NCCOc1cccc(C(F)(F)F)c1)N1CCN(c2cccc(O)c2)CC1. The van der Waals surface area contributed by atoms with Crippen LogP contribution in [0.1, 0.15) is 5.56 Å². The van der Waals surface area contributed by atoms with Crippen LogP contribution in [-0.4, -0.2) is 55.4 Å². The van der Waals surface area contributed by atoms with Gasteiger partial charge in [-0.3, -0.25) is 0 Å². The Morgan fingerprint density at radius 1 is 1.07 bits per heavy atom. The predicted octanol–water partition coefficient (Wildman–Crippen LogP) is 3.32. The van der Waals surface area contributed by atoms with Gasteiger partial charge in [0.15, 0.2) is 0 Å². The number of anilines is 1. The Labute approximate surface area is 166 Å². The molecule has 0 aromatic heterocycles. The Kier molecular flexibility index (Phi) is 6.36. The van der Waals surface area contributed by atoms with Crippen molar-refractivity contribution in [3.8, 4) is 11.5 Å².